The molecule has 0 saturated carbocycles. The fourth-order valence-electron chi connectivity index (χ4n) is 2.44. The van der Waals surface area contributed by atoms with Gasteiger partial charge in [-0.05, 0) is 48.5 Å². The van der Waals surface area contributed by atoms with E-state index < -0.39 is 14.9 Å². The molecule has 3 N–H and O–H groups in total. The normalized spacial score (nSPS) is 11.9. The molecule has 0 amide bonds. The van der Waals surface area contributed by atoms with Crippen molar-refractivity contribution in [2.45, 2.75) is 4.90 Å². The molecule has 3 rings (SSSR count). The molecule has 3 aromatic carbocycles. The van der Waals surface area contributed by atoms with Crippen LogP contribution in [0.2, 0.25) is 15.1 Å². The van der Waals surface area contributed by atoms with E-state index in [9.17, 15) is 18.5 Å². The summed E-state index contributed by atoms with van der Waals surface area (Å²) in [6.07, 6.45) is 0. The van der Waals surface area contributed by atoms with E-state index in [4.69, 9.17) is 45.3 Å². The van der Waals surface area contributed by atoms with Gasteiger partial charge in [-0.1, -0.05) is 34.8 Å². The monoisotopic (exact) mass is 500 g/mol. The number of nitrogens with two attached hydrogens (primary N) is 1. The highest BCUT2D eigenvalue weighted by Crippen LogP contribution is 2.38. The maximum atomic E-state index is 12.7. The second kappa shape index (κ2) is 9.11. The van der Waals surface area contributed by atoms with Gasteiger partial charge in [0.25, 0.3) is 11.5 Å². The Kier molecular flexibility index (Phi) is 6.71. The number of nitro benzene ring substituents is 1. The van der Waals surface area contributed by atoms with Gasteiger partial charge in [0, 0.05) is 17.2 Å². The fourth-order valence-corrected chi connectivity index (χ4v) is 4.33. The number of non-ortho nitro benzene ring substituents is 1. The first-order valence-corrected chi connectivity index (χ1v) is 11.0. The Morgan fingerprint density at radius 3 is 2.03 bits per heavy atom. The van der Waals surface area contributed by atoms with Gasteiger partial charge in [-0.2, -0.15) is 12.8 Å². The number of ether oxygens (including phenoxy) is 1. The van der Waals surface area contributed by atoms with Crippen LogP contribution in [0, 0.1) is 10.1 Å². The molecule has 3 aromatic rings. The highest BCUT2D eigenvalue weighted by atomic mass is 35.5. The molecule has 0 saturated heterocycles. The molecule has 0 radical (unpaired) electrons. The first kappa shape index (κ1) is 22.8. The number of nitro groups is 1. The van der Waals surface area contributed by atoms with E-state index in [2.05, 4.69) is 4.40 Å². The molecule has 0 aliphatic carbocycles. The Balaban J connectivity index is 1.90. The molecule has 8 nitrogen and oxygen atoms in total. The van der Waals surface area contributed by atoms with Crippen molar-refractivity contribution in [2.24, 2.45) is 5.73 Å². The van der Waals surface area contributed by atoms with Crippen LogP contribution in [0.15, 0.2) is 65.6 Å². The van der Waals surface area contributed by atoms with E-state index in [1.54, 1.807) is 24.3 Å². The number of hydrogen-bond acceptors (Lipinski definition) is 5. The van der Waals surface area contributed by atoms with Crippen molar-refractivity contribution < 1.29 is 22.5 Å². The molecule has 160 valence electrons. The summed E-state index contributed by atoms with van der Waals surface area (Å²) >= 11 is 18.2. The third-order valence-electron chi connectivity index (χ3n) is 3.95. The summed E-state index contributed by atoms with van der Waals surface area (Å²) < 4.78 is 33.2. The third kappa shape index (κ3) is 5.45. The summed E-state index contributed by atoms with van der Waals surface area (Å²) in [6, 6.07) is 13.7. The highest BCUT2D eigenvalue weighted by Gasteiger charge is 2.22. The van der Waals surface area contributed by atoms with Crippen molar-refractivity contribution >= 4 is 56.3 Å². The Labute approximate surface area is 192 Å². The van der Waals surface area contributed by atoms with E-state index in [0.29, 0.717) is 10.6 Å². The molecule has 0 spiro atoms. The molecule has 31 heavy (non-hydrogen) atoms. The van der Waals surface area contributed by atoms with Crippen molar-refractivity contribution in [3.05, 3.63) is 91.4 Å². The van der Waals surface area contributed by atoms with Gasteiger partial charge in [-0.15, -0.1) is 0 Å². The van der Waals surface area contributed by atoms with Gasteiger partial charge in [-0.25, -0.2) is 0 Å². The number of sulfonamides is 1. The molecular formula is C19H13Cl3N3O5S+. The maximum absolute atomic E-state index is 12.7. The predicted octanol–water partition coefficient (Wildman–Crippen LogP) is 3.52. The molecule has 0 aliphatic rings. The molecular weight excluding hydrogens is 489 g/mol. The quantitative estimate of drug-likeness (QED) is 0.230. The van der Waals surface area contributed by atoms with Crippen LogP contribution in [-0.2, 0) is 10.0 Å². The van der Waals surface area contributed by atoms with E-state index >= 15 is 0 Å². The van der Waals surface area contributed by atoms with E-state index in [0.717, 1.165) is 12.1 Å². The smallest absolute Gasteiger partial charge is 0.329 e. The van der Waals surface area contributed by atoms with E-state index in [-0.39, 0.29) is 38.0 Å². The van der Waals surface area contributed by atoms with Crippen molar-refractivity contribution in [2.75, 3.05) is 0 Å². The standard InChI is InChI=1S/C19H12Cl3N3O5S/c20-12-3-1-11(2-4-12)19(23)24-31(28,29)15-9-16(21)18(17(22)10-15)30-14-7-5-13(6-8-14)25(26)27/h1-10H,(H2,23,24)/p+1. The van der Waals surface area contributed by atoms with E-state index in [1.165, 1.54) is 24.3 Å². The average Bonchev–Trinajstić information content (AvgIpc) is 2.71. The summed E-state index contributed by atoms with van der Waals surface area (Å²) in [5.41, 5.74) is 6.16. The summed E-state index contributed by atoms with van der Waals surface area (Å²) in [4.78, 5) is 9.94. The maximum Gasteiger partial charge on any atom is 0.329 e. The second-order valence-electron chi connectivity index (χ2n) is 6.10. The minimum atomic E-state index is -4.11. The average molecular weight is 502 g/mol. The number of rotatable bonds is 6. The number of amidine groups is 1. The zero-order valence-electron chi connectivity index (χ0n) is 15.4. The number of hydrogen-bond donors (Lipinski definition) is 2. The summed E-state index contributed by atoms with van der Waals surface area (Å²) in [7, 11) is -4.11. The number of nitrogens with zero attached hydrogens (tertiary/aromatic N) is 1. The number of halogens is 3. The third-order valence-corrected chi connectivity index (χ3v) is 6.11. The van der Waals surface area contributed by atoms with E-state index in [1.807, 2.05) is 0 Å². The number of nitrogen functional groups attached to an aromatic ring is 1. The lowest BCUT2D eigenvalue weighted by Gasteiger charge is -2.10. The number of nitrogens with one attached hydrogen (secondary N) is 1. The summed E-state index contributed by atoms with van der Waals surface area (Å²) in [5.74, 6) is 0.101. The van der Waals surface area contributed by atoms with Gasteiger partial charge >= 0.3 is 10.0 Å². The van der Waals surface area contributed by atoms with Crippen molar-refractivity contribution in [3.8, 4) is 11.5 Å². The van der Waals surface area contributed by atoms with Gasteiger partial charge in [0.05, 0.1) is 20.5 Å². The van der Waals surface area contributed by atoms with Crippen molar-refractivity contribution in [3.63, 3.8) is 0 Å². The molecule has 0 aromatic heterocycles. The lowest BCUT2D eigenvalue weighted by molar-refractivity contribution is -0.384. The van der Waals surface area contributed by atoms with Gasteiger partial charge in [0.15, 0.2) is 5.75 Å². The molecule has 12 heteroatoms. The predicted molar refractivity (Wildman–Crippen MR) is 118 cm³/mol. The molecule has 0 aliphatic heterocycles. The Hall–Kier alpha value is -2.85. The van der Waals surface area contributed by atoms with Crippen molar-refractivity contribution in [1.29, 1.82) is 0 Å². The minimum absolute atomic E-state index is 0.00853. The zero-order valence-corrected chi connectivity index (χ0v) is 18.5. The molecule has 0 bridgehead atoms. The second-order valence-corrected chi connectivity index (χ2v) is 9.03. The van der Waals surface area contributed by atoms with Crippen LogP contribution in [0.25, 0.3) is 0 Å². The summed E-state index contributed by atoms with van der Waals surface area (Å²) in [5, 5.41) is 11.0. The fraction of sp³-hybridized carbons (Fsp3) is 0. The van der Waals surface area contributed by atoms with Crippen LogP contribution in [0.4, 0.5) is 5.69 Å². The number of benzene rings is 3. The Morgan fingerprint density at radius 1 is 0.968 bits per heavy atom. The van der Waals surface area contributed by atoms with Gasteiger partial charge in [0.2, 0.25) is 0 Å². The molecule has 0 unspecified atom stereocenters. The molecule has 0 atom stereocenters. The van der Waals surface area contributed by atoms with Crippen LogP contribution < -0.4 is 14.9 Å². The van der Waals surface area contributed by atoms with Crippen LogP contribution in [-0.4, -0.2) is 19.2 Å². The first-order chi connectivity index (χ1) is 14.6. The van der Waals surface area contributed by atoms with Gasteiger partial charge < -0.3 is 4.74 Å². The van der Waals surface area contributed by atoms with Crippen LogP contribution in [0.1, 0.15) is 5.56 Å². The Bertz CT molecular complexity index is 1260. The van der Waals surface area contributed by atoms with Crippen LogP contribution in [0.3, 0.4) is 0 Å². The first-order valence-electron chi connectivity index (χ1n) is 8.39. The van der Waals surface area contributed by atoms with Crippen LogP contribution in [0.5, 0.6) is 11.5 Å². The highest BCUT2D eigenvalue weighted by molar-refractivity contribution is 7.84. The largest absolute Gasteiger partial charge is 0.454 e. The van der Waals surface area contributed by atoms with Crippen molar-refractivity contribution in [1.82, 2.24) is 0 Å². The molecule has 0 heterocycles. The lowest BCUT2D eigenvalue weighted by Crippen LogP contribution is -2.78. The topological polar surface area (TPSA) is 126 Å². The summed E-state index contributed by atoms with van der Waals surface area (Å²) in [6.45, 7) is 0. The minimum Gasteiger partial charge on any atom is -0.454 e. The van der Waals surface area contributed by atoms with Gasteiger partial charge in [-0.3, -0.25) is 15.8 Å². The van der Waals surface area contributed by atoms with Crippen LogP contribution >= 0.6 is 34.8 Å². The zero-order chi connectivity index (χ0) is 22.8. The van der Waals surface area contributed by atoms with Gasteiger partial charge in [0.1, 0.15) is 10.6 Å². The Morgan fingerprint density at radius 2 is 1.52 bits per heavy atom. The lowest BCUT2D eigenvalue weighted by atomic mass is 10.2. The SMILES string of the molecule is NC(=[NH+]S(=O)(=O)c1cc(Cl)c(Oc2ccc([N+](=O)[O-])cc2)c(Cl)c1)c1ccc(Cl)cc1. The molecule has 0 fully saturated rings.